The highest BCUT2D eigenvalue weighted by molar-refractivity contribution is 6.32. The van der Waals surface area contributed by atoms with Crippen molar-refractivity contribution in [2.75, 3.05) is 0 Å². The van der Waals surface area contributed by atoms with Gasteiger partial charge in [-0.05, 0) is 24.6 Å². The molecule has 1 atom stereocenters. The Bertz CT molecular complexity index is 455. The molecule has 0 aliphatic rings. The third-order valence-corrected chi connectivity index (χ3v) is 2.21. The van der Waals surface area contributed by atoms with Crippen LogP contribution in [0.3, 0.4) is 0 Å². The fourth-order valence-electron chi connectivity index (χ4n) is 1.14. The molecule has 3 nitrogen and oxygen atoms in total. The van der Waals surface area contributed by atoms with Gasteiger partial charge in [0.1, 0.15) is 5.75 Å². The van der Waals surface area contributed by atoms with Crippen LogP contribution in [0.4, 0.5) is 13.2 Å². The zero-order valence-electron chi connectivity index (χ0n) is 8.58. The second kappa shape index (κ2) is 5.21. The van der Waals surface area contributed by atoms with Gasteiger partial charge in [-0.15, -0.1) is 13.2 Å². The summed E-state index contributed by atoms with van der Waals surface area (Å²) in [5.41, 5.74) is 0.493. The van der Waals surface area contributed by atoms with Gasteiger partial charge in [-0.3, -0.25) is 0 Å². The maximum absolute atomic E-state index is 12.0. The second-order valence-corrected chi connectivity index (χ2v) is 3.54. The van der Waals surface area contributed by atoms with Gasteiger partial charge in [0.2, 0.25) is 6.08 Å². The fraction of sp³-hybridized carbons (Fsp3) is 0.300. The molecule has 0 saturated heterocycles. The van der Waals surface area contributed by atoms with Crippen LogP contribution in [0.5, 0.6) is 5.75 Å². The van der Waals surface area contributed by atoms with Crippen molar-refractivity contribution in [3.8, 4) is 5.75 Å². The standard InChI is InChI=1S/C10H7ClF3NO2/c1-6(15-5-16)7-2-3-9(8(11)4-7)17-10(12,13)14/h2-4,6H,1H3. The largest absolute Gasteiger partial charge is 0.573 e. The lowest BCUT2D eigenvalue weighted by Crippen LogP contribution is -2.17. The van der Waals surface area contributed by atoms with Crippen molar-refractivity contribution in [1.82, 2.24) is 0 Å². The van der Waals surface area contributed by atoms with Crippen molar-refractivity contribution < 1.29 is 22.7 Å². The number of hydrogen-bond acceptors (Lipinski definition) is 3. The second-order valence-electron chi connectivity index (χ2n) is 3.13. The minimum Gasteiger partial charge on any atom is -0.404 e. The van der Waals surface area contributed by atoms with E-state index in [0.29, 0.717) is 5.56 Å². The van der Waals surface area contributed by atoms with E-state index in [2.05, 4.69) is 9.73 Å². The first-order valence-electron chi connectivity index (χ1n) is 4.45. The summed E-state index contributed by atoms with van der Waals surface area (Å²) in [4.78, 5) is 13.4. The summed E-state index contributed by atoms with van der Waals surface area (Å²) in [6.45, 7) is 1.58. The van der Waals surface area contributed by atoms with E-state index < -0.39 is 18.2 Å². The molecule has 1 unspecified atom stereocenters. The molecule has 0 amide bonds. The van der Waals surface area contributed by atoms with Crippen LogP contribution in [-0.2, 0) is 4.79 Å². The van der Waals surface area contributed by atoms with Crippen molar-refractivity contribution >= 4 is 17.7 Å². The normalized spacial score (nSPS) is 12.8. The van der Waals surface area contributed by atoms with Crippen LogP contribution in [0.25, 0.3) is 0 Å². The molecule has 1 aromatic rings. The summed E-state index contributed by atoms with van der Waals surface area (Å²) in [6.07, 6.45) is -3.43. The van der Waals surface area contributed by atoms with Crippen LogP contribution in [0.15, 0.2) is 23.2 Å². The minimum atomic E-state index is -4.79. The topological polar surface area (TPSA) is 38.7 Å². The van der Waals surface area contributed by atoms with Gasteiger partial charge in [-0.2, -0.15) is 4.99 Å². The first-order chi connectivity index (χ1) is 7.83. The Morgan fingerprint density at radius 3 is 2.59 bits per heavy atom. The average Bonchev–Trinajstić information content (AvgIpc) is 2.19. The third-order valence-electron chi connectivity index (χ3n) is 1.91. The lowest BCUT2D eigenvalue weighted by molar-refractivity contribution is -0.274. The van der Waals surface area contributed by atoms with Gasteiger partial charge in [0, 0.05) is 0 Å². The third kappa shape index (κ3) is 4.09. The van der Waals surface area contributed by atoms with Gasteiger partial charge in [0.15, 0.2) is 0 Å². The number of hydrogen-bond donors (Lipinski definition) is 0. The van der Waals surface area contributed by atoms with Crippen molar-refractivity contribution in [3.05, 3.63) is 28.8 Å². The van der Waals surface area contributed by atoms with E-state index in [1.165, 1.54) is 18.2 Å². The van der Waals surface area contributed by atoms with Crippen LogP contribution < -0.4 is 4.74 Å². The molecule has 7 heteroatoms. The molecule has 0 aliphatic heterocycles. The number of isocyanates is 1. The van der Waals surface area contributed by atoms with E-state index in [1.807, 2.05) is 0 Å². The van der Waals surface area contributed by atoms with Gasteiger partial charge < -0.3 is 4.74 Å². The van der Waals surface area contributed by atoms with Crippen molar-refractivity contribution in [2.24, 2.45) is 4.99 Å². The summed E-state index contributed by atoms with van der Waals surface area (Å²) in [6, 6.07) is 3.15. The first kappa shape index (κ1) is 13.5. The number of benzene rings is 1. The van der Waals surface area contributed by atoms with Gasteiger partial charge >= 0.3 is 6.36 Å². The maximum Gasteiger partial charge on any atom is 0.573 e. The van der Waals surface area contributed by atoms with Crippen LogP contribution in [-0.4, -0.2) is 12.4 Å². The van der Waals surface area contributed by atoms with E-state index in [1.54, 1.807) is 6.92 Å². The highest BCUT2D eigenvalue weighted by Crippen LogP contribution is 2.32. The molecule has 0 heterocycles. The van der Waals surface area contributed by atoms with Gasteiger partial charge in [0.05, 0.1) is 11.1 Å². The molecule has 17 heavy (non-hydrogen) atoms. The highest BCUT2D eigenvalue weighted by atomic mass is 35.5. The van der Waals surface area contributed by atoms with E-state index in [9.17, 15) is 18.0 Å². The monoisotopic (exact) mass is 265 g/mol. The summed E-state index contributed by atoms with van der Waals surface area (Å²) in [5.74, 6) is -0.495. The molecular weight excluding hydrogens is 259 g/mol. The first-order valence-corrected chi connectivity index (χ1v) is 4.83. The number of alkyl halides is 3. The number of nitrogens with zero attached hydrogens (tertiary/aromatic N) is 1. The van der Waals surface area contributed by atoms with Gasteiger partial charge in [-0.25, -0.2) is 4.79 Å². The quantitative estimate of drug-likeness (QED) is 0.618. The lowest BCUT2D eigenvalue weighted by atomic mass is 10.1. The van der Waals surface area contributed by atoms with E-state index in [4.69, 9.17) is 11.6 Å². The SMILES string of the molecule is CC(N=C=O)c1ccc(OC(F)(F)F)c(Cl)c1. The molecule has 0 fully saturated rings. The van der Waals surface area contributed by atoms with Gasteiger partial charge in [0.25, 0.3) is 0 Å². The lowest BCUT2D eigenvalue weighted by Gasteiger charge is -2.12. The maximum atomic E-state index is 12.0. The summed E-state index contributed by atoms with van der Waals surface area (Å²) < 4.78 is 39.5. The smallest absolute Gasteiger partial charge is 0.404 e. The molecule has 1 rings (SSSR count). The number of ether oxygens (including phenoxy) is 1. The molecule has 0 bridgehead atoms. The number of aliphatic imine (C=N–C) groups is 1. The van der Waals surface area contributed by atoms with Crippen LogP contribution in [0, 0.1) is 0 Å². The Morgan fingerprint density at radius 2 is 2.12 bits per heavy atom. The Kier molecular flexibility index (Phi) is 4.15. The Hall–Kier alpha value is -1.52. The van der Waals surface area contributed by atoms with E-state index in [0.717, 1.165) is 6.07 Å². The fourth-order valence-corrected chi connectivity index (χ4v) is 1.37. The molecule has 0 saturated carbocycles. The number of halogens is 4. The summed E-state index contributed by atoms with van der Waals surface area (Å²) >= 11 is 5.61. The zero-order chi connectivity index (χ0) is 13.1. The van der Waals surface area contributed by atoms with Crippen LogP contribution >= 0.6 is 11.6 Å². The molecule has 92 valence electrons. The molecule has 0 radical (unpaired) electrons. The molecule has 0 aromatic heterocycles. The number of carbonyl (C=O) groups excluding carboxylic acids is 1. The molecule has 1 aromatic carbocycles. The Morgan fingerprint density at radius 1 is 1.47 bits per heavy atom. The highest BCUT2D eigenvalue weighted by Gasteiger charge is 2.32. The molecule has 0 spiro atoms. The van der Waals surface area contributed by atoms with E-state index in [-0.39, 0.29) is 5.02 Å². The van der Waals surface area contributed by atoms with Crippen molar-refractivity contribution in [3.63, 3.8) is 0 Å². The zero-order valence-corrected chi connectivity index (χ0v) is 9.34. The molecule has 0 aliphatic carbocycles. The van der Waals surface area contributed by atoms with Crippen LogP contribution in [0.2, 0.25) is 5.02 Å². The summed E-state index contributed by atoms with van der Waals surface area (Å²) in [7, 11) is 0. The Balaban J connectivity index is 2.97. The number of rotatable bonds is 3. The summed E-state index contributed by atoms with van der Waals surface area (Å²) in [5, 5.41) is -0.201. The predicted octanol–water partition coefficient (Wildman–Crippen LogP) is 3.64. The van der Waals surface area contributed by atoms with Crippen molar-refractivity contribution in [2.45, 2.75) is 19.3 Å². The Labute approximate surface area is 99.9 Å². The average molecular weight is 266 g/mol. The van der Waals surface area contributed by atoms with Crippen LogP contribution in [0.1, 0.15) is 18.5 Å². The van der Waals surface area contributed by atoms with E-state index >= 15 is 0 Å². The molecular formula is C10H7ClF3NO2. The minimum absolute atomic E-state index is 0.201. The predicted molar refractivity (Wildman–Crippen MR) is 54.7 cm³/mol. The van der Waals surface area contributed by atoms with Gasteiger partial charge in [-0.1, -0.05) is 17.7 Å². The van der Waals surface area contributed by atoms with Crippen molar-refractivity contribution in [1.29, 1.82) is 0 Å². The molecule has 0 N–H and O–H groups in total.